The number of rotatable bonds is 4. The van der Waals surface area contributed by atoms with Crippen LogP contribution in [0.4, 0.5) is 0 Å². The smallest absolute Gasteiger partial charge is 0.240 e. The van der Waals surface area contributed by atoms with E-state index in [1.54, 1.807) is 0 Å². The molecule has 0 radical (unpaired) electrons. The van der Waals surface area contributed by atoms with Crippen molar-refractivity contribution in [2.45, 2.75) is 26.3 Å². The van der Waals surface area contributed by atoms with Gasteiger partial charge in [0.2, 0.25) is 11.8 Å². The molecule has 1 aromatic heterocycles. The van der Waals surface area contributed by atoms with Crippen LogP contribution in [0.1, 0.15) is 18.1 Å². The molecule has 1 atom stereocenters. The third kappa shape index (κ3) is 2.93. The number of hydrogen-bond acceptors (Lipinski definition) is 2. The van der Waals surface area contributed by atoms with Gasteiger partial charge in [-0.15, -0.1) is 0 Å². The van der Waals surface area contributed by atoms with Crippen LogP contribution in [0.5, 0.6) is 0 Å². The molecule has 100 valence electrons. The second kappa shape index (κ2) is 5.14. The van der Waals surface area contributed by atoms with E-state index in [-0.39, 0.29) is 5.91 Å². The van der Waals surface area contributed by atoms with Crippen LogP contribution in [0.15, 0.2) is 24.4 Å². The van der Waals surface area contributed by atoms with Crippen molar-refractivity contribution in [1.82, 2.24) is 10.3 Å². The van der Waals surface area contributed by atoms with Crippen LogP contribution in [-0.2, 0) is 16.0 Å². The third-order valence-corrected chi connectivity index (χ3v) is 3.07. The monoisotopic (exact) mass is 259 g/mol. The minimum absolute atomic E-state index is 0.264. The van der Waals surface area contributed by atoms with Crippen LogP contribution >= 0.6 is 0 Å². The number of nitrogens with two attached hydrogens (primary N) is 1. The lowest BCUT2D eigenvalue weighted by Gasteiger charge is -2.13. The number of carbonyl (C=O) groups is 2. The molecule has 0 saturated carbocycles. The van der Waals surface area contributed by atoms with Crippen molar-refractivity contribution >= 4 is 22.7 Å². The van der Waals surface area contributed by atoms with Crippen LogP contribution in [0.2, 0.25) is 0 Å². The van der Waals surface area contributed by atoms with E-state index in [4.69, 9.17) is 5.73 Å². The van der Waals surface area contributed by atoms with E-state index in [0.29, 0.717) is 6.42 Å². The lowest BCUT2D eigenvalue weighted by atomic mass is 10.0. The number of hydrogen-bond donors (Lipinski definition) is 3. The first kappa shape index (κ1) is 13.1. The van der Waals surface area contributed by atoms with Gasteiger partial charge in [-0.2, -0.15) is 0 Å². The van der Waals surface area contributed by atoms with Crippen molar-refractivity contribution in [3.8, 4) is 0 Å². The predicted octanol–water partition coefficient (Wildman–Crippen LogP) is 1.01. The Labute approximate surface area is 111 Å². The van der Waals surface area contributed by atoms with E-state index in [1.165, 1.54) is 6.92 Å². The molecule has 0 fully saturated rings. The summed E-state index contributed by atoms with van der Waals surface area (Å²) in [6.07, 6.45) is 2.24. The van der Waals surface area contributed by atoms with Crippen LogP contribution in [0, 0.1) is 6.92 Å². The number of aryl methyl sites for hydroxylation is 1. The van der Waals surface area contributed by atoms with E-state index in [1.807, 2.05) is 31.3 Å². The number of fused-ring (bicyclic) bond motifs is 1. The van der Waals surface area contributed by atoms with Gasteiger partial charge in [0.1, 0.15) is 6.04 Å². The van der Waals surface area contributed by atoms with E-state index in [9.17, 15) is 9.59 Å². The zero-order valence-electron chi connectivity index (χ0n) is 11.0. The first-order chi connectivity index (χ1) is 8.97. The Balaban J connectivity index is 2.28. The van der Waals surface area contributed by atoms with Crippen LogP contribution in [0.3, 0.4) is 0 Å². The van der Waals surface area contributed by atoms with E-state index in [2.05, 4.69) is 10.3 Å². The summed E-state index contributed by atoms with van der Waals surface area (Å²) in [5.41, 5.74) is 8.45. The van der Waals surface area contributed by atoms with Gasteiger partial charge in [0, 0.05) is 30.4 Å². The summed E-state index contributed by atoms with van der Waals surface area (Å²) in [6.45, 7) is 3.39. The number of H-pyrrole nitrogens is 1. The summed E-state index contributed by atoms with van der Waals surface area (Å²) in [5, 5.41) is 3.61. The fourth-order valence-electron chi connectivity index (χ4n) is 2.16. The Bertz CT molecular complexity index is 631. The van der Waals surface area contributed by atoms with Crippen molar-refractivity contribution in [3.05, 3.63) is 35.5 Å². The van der Waals surface area contributed by atoms with Crippen LogP contribution in [-0.4, -0.2) is 22.8 Å². The Kier molecular flexibility index (Phi) is 3.55. The second-order valence-electron chi connectivity index (χ2n) is 4.72. The minimum atomic E-state index is -0.683. The number of nitrogens with one attached hydrogen (secondary N) is 2. The van der Waals surface area contributed by atoms with Gasteiger partial charge in [0.15, 0.2) is 0 Å². The molecular formula is C14H17N3O2. The number of aromatic amines is 1. The maximum absolute atomic E-state index is 11.3. The minimum Gasteiger partial charge on any atom is -0.368 e. The highest BCUT2D eigenvalue weighted by atomic mass is 16.2. The molecule has 0 saturated heterocycles. The van der Waals surface area contributed by atoms with Crippen molar-refractivity contribution in [1.29, 1.82) is 0 Å². The molecule has 1 aromatic carbocycles. The lowest BCUT2D eigenvalue weighted by molar-refractivity contribution is -0.126. The van der Waals surface area contributed by atoms with E-state index < -0.39 is 11.9 Å². The zero-order valence-corrected chi connectivity index (χ0v) is 11.0. The first-order valence-electron chi connectivity index (χ1n) is 6.10. The van der Waals surface area contributed by atoms with Crippen LogP contribution < -0.4 is 11.1 Å². The zero-order chi connectivity index (χ0) is 14.0. The molecule has 19 heavy (non-hydrogen) atoms. The molecule has 1 unspecified atom stereocenters. The van der Waals surface area contributed by atoms with Gasteiger partial charge in [-0.25, -0.2) is 0 Å². The Morgan fingerprint density at radius 1 is 1.42 bits per heavy atom. The Morgan fingerprint density at radius 2 is 2.16 bits per heavy atom. The average Bonchev–Trinajstić information content (AvgIpc) is 2.70. The van der Waals surface area contributed by atoms with Gasteiger partial charge in [-0.05, 0) is 24.1 Å². The van der Waals surface area contributed by atoms with E-state index in [0.717, 1.165) is 22.0 Å². The summed E-state index contributed by atoms with van der Waals surface area (Å²) in [6, 6.07) is 5.37. The number of aromatic nitrogens is 1. The summed E-state index contributed by atoms with van der Waals surface area (Å²) in [4.78, 5) is 25.6. The number of carbonyl (C=O) groups excluding carboxylic acids is 2. The molecule has 0 aliphatic rings. The third-order valence-electron chi connectivity index (χ3n) is 3.07. The van der Waals surface area contributed by atoms with Gasteiger partial charge in [0.05, 0.1) is 0 Å². The summed E-state index contributed by atoms with van der Waals surface area (Å²) in [5.74, 6) is -0.795. The second-order valence-corrected chi connectivity index (χ2v) is 4.72. The average molecular weight is 259 g/mol. The highest BCUT2D eigenvalue weighted by Gasteiger charge is 2.18. The van der Waals surface area contributed by atoms with Crippen molar-refractivity contribution < 1.29 is 9.59 Å². The highest BCUT2D eigenvalue weighted by molar-refractivity contribution is 5.88. The molecule has 0 aliphatic carbocycles. The van der Waals surface area contributed by atoms with Crippen molar-refractivity contribution in [3.63, 3.8) is 0 Å². The lowest BCUT2D eigenvalue weighted by Crippen LogP contribution is -2.44. The first-order valence-corrected chi connectivity index (χ1v) is 6.10. The predicted molar refractivity (Wildman–Crippen MR) is 73.5 cm³/mol. The van der Waals surface area contributed by atoms with Gasteiger partial charge in [-0.1, -0.05) is 12.1 Å². The fourth-order valence-corrected chi connectivity index (χ4v) is 2.16. The van der Waals surface area contributed by atoms with E-state index >= 15 is 0 Å². The Morgan fingerprint density at radius 3 is 2.79 bits per heavy atom. The molecule has 0 aliphatic heterocycles. The SMILES string of the molecule is CC(=O)NC(Cc1c[nH]c2cc(C)ccc12)C(N)=O. The molecule has 5 nitrogen and oxygen atoms in total. The molecule has 0 bridgehead atoms. The van der Waals surface area contributed by atoms with Gasteiger partial charge in [-0.3, -0.25) is 9.59 Å². The quantitative estimate of drug-likeness (QED) is 0.765. The largest absolute Gasteiger partial charge is 0.368 e. The van der Waals surface area contributed by atoms with Gasteiger partial charge >= 0.3 is 0 Å². The maximum Gasteiger partial charge on any atom is 0.240 e. The van der Waals surface area contributed by atoms with Crippen molar-refractivity contribution in [2.24, 2.45) is 5.73 Å². The molecule has 2 aromatic rings. The van der Waals surface area contributed by atoms with Gasteiger partial charge in [0.25, 0.3) is 0 Å². The van der Waals surface area contributed by atoms with Crippen LogP contribution in [0.25, 0.3) is 10.9 Å². The normalized spacial score (nSPS) is 12.3. The molecular weight excluding hydrogens is 242 g/mol. The highest BCUT2D eigenvalue weighted by Crippen LogP contribution is 2.20. The maximum atomic E-state index is 11.3. The number of amides is 2. The Hall–Kier alpha value is -2.30. The topological polar surface area (TPSA) is 88.0 Å². The van der Waals surface area contributed by atoms with Crippen molar-refractivity contribution in [2.75, 3.05) is 0 Å². The molecule has 5 heteroatoms. The number of benzene rings is 1. The fraction of sp³-hybridized carbons (Fsp3) is 0.286. The summed E-state index contributed by atoms with van der Waals surface area (Å²) >= 11 is 0. The number of primary amides is 1. The van der Waals surface area contributed by atoms with Gasteiger partial charge < -0.3 is 16.0 Å². The molecule has 0 spiro atoms. The standard InChI is InChI=1S/C14H17N3O2/c1-8-3-4-11-10(7-16-12(11)5-8)6-13(14(15)19)17-9(2)18/h3-5,7,13,16H,6H2,1-2H3,(H2,15,19)(H,17,18). The summed E-state index contributed by atoms with van der Waals surface area (Å²) < 4.78 is 0. The molecule has 2 rings (SSSR count). The molecule has 2 amide bonds. The molecule has 1 heterocycles. The molecule has 4 N–H and O–H groups in total. The summed E-state index contributed by atoms with van der Waals surface area (Å²) in [7, 11) is 0.